The second-order valence-electron chi connectivity index (χ2n) is 4.66. The molecule has 0 saturated carbocycles. The second kappa shape index (κ2) is 4.55. The number of carbonyl (C=O) groups is 1. The number of benzene rings is 1. The van der Waals surface area contributed by atoms with E-state index in [1.807, 2.05) is 4.90 Å². The first-order valence-electron chi connectivity index (χ1n) is 6.20. The fourth-order valence-electron chi connectivity index (χ4n) is 2.45. The Hall–Kier alpha value is -2.08. The lowest BCUT2D eigenvalue weighted by Gasteiger charge is -2.20. The molecule has 6 nitrogen and oxygen atoms in total. The lowest BCUT2D eigenvalue weighted by Crippen LogP contribution is -2.32. The molecule has 6 heteroatoms. The van der Waals surface area contributed by atoms with Gasteiger partial charge in [0, 0.05) is 6.54 Å². The summed E-state index contributed by atoms with van der Waals surface area (Å²) in [4.78, 5) is 17.2. The van der Waals surface area contributed by atoms with Gasteiger partial charge >= 0.3 is 5.97 Å². The summed E-state index contributed by atoms with van der Waals surface area (Å²) in [6.07, 6.45) is 1.90. The van der Waals surface area contributed by atoms with Gasteiger partial charge < -0.3 is 19.5 Å². The Labute approximate surface area is 109 Å². The van der Waals surface area contributed by atoms with Crippen LogP contribution in [0.15, 0.2) is 22.6 Å². The van der Waals surface area contributed by atoms with Crippen molar-refractivity contribution < 1.29 is 19.4 Å². The van der Waals surface area contributed by atoms with Crippen LogP contribution in [0.3, 0.4) is 0 Å². The zero-order valence-corrected chi connectivity index (χ0v) is 10.2. The molecule has 2 aromatic rings. The topological polar surface area (TPSA) is 86.8 Å². The molecule has 2 heterocycles. The summed E-state index contributed by atoms with van der Waals surface area (Å²) < 4.78 is 5.62. The van der Waals surface area contributed by atoms with Crippen molar-refractivity contribution in [2.24, 2.45) is 0 Å². The van der Waals surface area contributed by atoms with Crippen molar-refractivity contribution in [3.63, 3.8) is 0 Å². The molecule has 0 radical (unpaired) electrons. The van der Waals surface area contributed by atoms with Crippen molar-refractivity contribution in [2.45, 2.75) is 18.9 Å². The van der Waals surface area contributed by atoms with Crippen LogP contribution in [0, 0.1) is 0 Å². The highest BCUT2D eigenvalue weighted by molar-refractivity contribution is 5.92. The number of aliphatic hydroxyl groups is 1. The van der Waals surface area contributed by atoms with Crippen LogP contribution in [-0.4, -0.2) is 40.4 Å². The van der Waals surface area contributed by atoms with Gasteiger partial charge in [-0.3, -0.25) is 0 Å². The van der Waals surface area contributed by atoms with Gasteiger partial charge in [0.1, 0.15) is 5.52 Å². The van der Waals surface area contributed by atoms with Gasteiger partial charge in [-0.25, -0.2) is 4.79 Å². The van der Waals surface area contributed by atoms with Crippen LogP contribution in [0.5, 0.6) is 0 Å². The first-order chi connectivity index (χ1) is 9.19. The number of fused-ring (bicyclic) bond motifs is 1. The van der Waals surface area contributed by atoms with Crippen LogP contribution in [-0.2, 0) is 0 Å². The maximum absolute atomic E-state index is 10.9. The van der Waals surface area contributed by atoms with Crippen molar-refractivity contribution in [2.75, 3.05) is 18.1 Å². The standard InChI is InChI=1S/C13H14N2O4/c16-7-9-2-1-5-15(9)13-14-10-4-3-8(12(17)18)6-11(10)19-13/h3-4,6,9,16H,1-2,5,7H2,(H,17,18). The zero-order chi connectivity index (χ0) is 13.4. The molecule has 0 spiro atoms. The van der Waals surface area contributed by atoms with Crippen molar-refractivity contribution in [1.82, 2.24) is 4.98 Å². The monoisotopic (exact) mass is 262 g/mol. The molecule has 19 heavy (non-hydrogen) atoms. The van der Waals surface area contributed by atoms with Crippen LogP contribution >= 0.6 is 0 Å². The van der Waals surface area contributed by atoms with E-state index in [1.165, 1.54) is 12.1 Å². The van der Waals surface area contributed by atoms with E-state index in [1.54, 1.807) is 6.07 Å². The van der Waals surface area contributed by atoms with E-state index in [-0.39, 0.29) is 18.2 Å². The van der Waals surface area contributed by atoms with Gasteiger partial charge in [-0.05, 0) is 31.0 Å². The lowest BCUT2D eigenvalue weighted by molar-refractivity contribution is 0.0697. The van der Waals surface area contributed by atoms with Gasteiger partial charge in [-0.1, -0.05) is 0 Å². The Kier molecular flexibility index (Phi) is 2.87. The largest absolute Gasteiger partial charge is 0.478 e. The second-order valence-corrected chi connectivity index (χ2v) is 4.66. The Morgan fingerprint density at radius 1 is 1.53 bits per heavy atom. The SMILES string of the molecule is O=C(O)c1ccc2nc(N3CCCC3CO)oc2c1. The summed E-state index contributed by atoms with van der Waals surface area (Å²) in [5.41, 5.74) is 1.26. The quantitative estimate of drug-likeness (QED) is 0.871. The zero-order valence-electron chi connectivity index (χ0n) is 10.2. The predicted molar refractivity (Wildman–Crippen MR) is 68.4 cm³/mol. The minimum absolute atomic E-state index is 0.0343. The molecule has 1 aromatic heterocycles. The molecule has 3 rings (SSSR count). The van der Waals surface area contributed by atoms with Crippen molar-refractivity contribution in [3.8, 4) is 0 Å². The van der Waals surface area contributed by atoms with E-state index < -0.39 is 5.97 Å². The Morgan fingerprint density at radius 3 is 3.11 bits per heavy atom. The number of rotatable bonds is 3. The number of aromatic carboxylic acids is 1. The maximum atomic E-state index is 10.9. The number of aromatic nitrogens is 1. The molecule has 0 bridgehead atoms. The van der Waals surface area contributed by atoms with Gasteiger partial charge in [-0.2, -0.15) is 4.98 Å². The van der Waals surface area contributed by atoms with Gasteiger partial charge in [0.2, 0.25) is 0 Å². The fourth-order valence-corrected chi connectivity index (χ4v) is 2.45. The van der Waals surface area contributed by atoms with E-state index in [4.69, 9.17) is 9.52 Å². The summed E-state index contributed by atoms with van der Waals surface area (Å²) in [6, 6.07) is 5.10. The first-order valence-corrected chi connectivity index (χ1v) is 6.20. The van der Waals surface area contributed by atoms with Crippen molar-refractivity contribution >= 4 is 23.1 Å². The van der Waals surface area contributed by atoms with E-state index in [9.17, 15) is 9.90 Å². The molecule has 1 fully saturated rings. The number of carboxylic acids is 1. The van der Waals surface area contributed by atoms with Gasteiger partial charge in [0.05, 0.1) is 18.2 Å². The minimum Gasteiger partial charge on any atom is -0.478 e. The molecule has 1 aliphatic rings. The summed E-state index contributed by atoms with van der Waals surface area (Å²) in [6.45, 7) is 0.864. The fraction of sp³-hybridized carbons (Fsp3) is 0.385. The number of anilines is 1. The smallest absolute Gasteiger partial charge is 0.335 e. The van der Waals surface area contributed by atoms with Gasteiger partial charge in [-0.15, -0.1) is 0 Å². The lowest BCUT2D eigenvalue weighted by atomic mass is 10.2. The number of hydrogen-bond donors (Lipinski definition) is 2. The normalized spacial score (nSPS) is 19.2. The molecule has 1 atom stereocenters. The molecule has 2 N–H and O–H groups in total. The number of oxazole rings is 1. The maximum Gasteiger partial charge on any atom is 0.335 e. The molecule has 1 saturated heterocycles. The molecule has 1 aromatic carbocycles. The average Bonchev–Trinajstić information content (AvgIpc) is 3.03. The molecular formula is C13H14N2O4. The molecule has 0 amide bonds. The third-order valence-electron chi connectivity index (χ3n) is 3.46. The summed E-state index contributed by atoms with van der Waals surface area (Å²) in [5, 5.41) is 18.2. The Balaban J connectivity index is 1.99. The van der Waals surface area contributed by atoms with E-state index in [0.29, 0.717) is 17.1 Å². The van der Waals surface area contributed by atoms with Crippen LogP contribution in [0.2, 0.25) is 0 Å². The van der Waals surface area contributed by atoms with E-state index in [2.05, 4.69) is 4.98 Å². The van der Waals surface area contributed by atoms with Crippen LogP contribution < -0.4 is 4.90 Å². The van der Waals surface area contributed by atoms with Gasteiger partial charge in [0.25, 0.3) is 6.01 Å². The summed E-state index contributed by atoms with van der Waals surface area (Å²) in [7, 11) is 0. The van der Waals surface area contributed by atoms with E-state index in [0.717, 1.165) is 19.4 Å². The molecule has 0 aliphatic carbocycles. The summed E-state index contributed by atoms with van der Waals surface area (Å²) >= 11 is 0. The number of nitrogens with zero attached hydrogens (tertiary/aromatic N) is 2. The Bertz CT molecular complexity index is 622. The van der Waals surface area contributed by atoms with Gasteiger partial charge in [0.15, 0.2) is 5.58 Å². The van der Waals surface area contributed by atoms with Crippen molar-refractivity contribution in [3.05, 3.63) is 23.8 Å². The highest BCUT2D eigenvalue weighted by atomic mass is 16.4. The highest BCUT2D eigenvalue weighted by Crippen LogP contribution is 2.28. The third-order valence-corrected chi connectivity index (χ3v) is 3.46. The number of hydrogen-bond acceptors (Lipinski definition) is 5. The summed E-state index contributed by atoms with van der Waals surface area (Å²) in [5.74, 6) is -0.991. The van der Waals surface area contributed by atoms with Crippen LogP contribution in [0.25, 0.3) is 11.1 Å². The third kappa shape index (κ3) is 2.04. The van der Waals surface area contributed by atoms with Crippen molar-refractivity contribution in [1.29, 1.82) is 0 Å². The average molecular weight is 262 g/mol. The number of carboxylic acid groups (broad SMARTS) is 1. The molecular weight excluding hydrogens is 248 g/mol. The molecule has 1 unspecified atom stereocenters. The van der Waals surface area contributed by atoms with Crippen LogP contribution in [0.1, 0.15) is 23.2 Å². The van der Waals surface area contributed by atoms with E-state index >= 15 is 0 Å². The molecule has 1 aliphatic heterocycles. The Morgan fingerprint density at radius 2 is 2.37 bits per heavy atom. The predicted octanol–water partition coefficient (Wildman–Crippen LogP) is 1.49. The van der Waals surface area contributed by atoms with Crippen LogP contribution in [0.4, 0.5) is 6.01 Å². The highest BCUT2D eigenvalue weighted by Gasteiger charge is 2.27. The first kappa shape index (κ1) is 12.0. The number of aliphatic hydroxyl groups excluding tert-OH is 1. The molecule has 100 valence electrons. The minimum atomic E-state index is -0.991.